The van der Waals surface area contributed by atoms with E-state index in [9.17, 15) is 4.79 Å². The van der Waals surface area contributed by atoms with E-state index < -0.39 is 0 Å². The van der Waals surface area contributed by atoms with Crippen molar-refractivity contribution in [2.45, 2.75) is 19.8 Å². The lowest BCUT2D eigenvalue weighted by atomic mass is 9.94. The fourth-order valence-electron chi connectivity index (χ4n) is 2.44. The van der Waals surface area contributed by atoms with Gasteiger partial charge in [0.05, 0.1) is 14.2 Å². The minimum Gasteiger partial charge on any atom is -0.496 e. The molecule has 0 fully saturated rings. The molecule has 2 aromatic rings. The minimum atomic E-state index is 0.173. The van der Waals surface area contributed by atoms with Crippen molar-refractivity contribution in [1.29, 1.82) is 0 Å². The van der Waals surface area contributed by atoms with Crippen molar-refractivity contribution in [3.05, 3.63) is 48.0 Å². The summed E-state index contributed by atoms with van der Waals surface area (Å²) in [7, 11) is 3.31. The first-order chi connectivity index (χ1) is 10.2. The van der Waals surface area contributed by atoms with Gasteiger partial charge in [-0.05, 0) is 31.0 Å². The standard InChI is InChI=1S/C18H20O3/c1-13(19)11-12-16-14(8-6-10-18(16)21-3)15-7-4-5-9-17(15)20-2/h4-10H,11-12H2,1-3H3. The largest absolute Gasteiger partial charge is 0.496 e. The van der Waals surface area contributed by atoms with Gasteiger partial charge in [0.1, 0.15) is 17.3 Å². The fourth-order valence-corrected chi connectivity index (χ4v) is 2.44. The molecule has 2 rings (SSSR count). The number of hydrogen-bond donors (Lipinski definition) is 0. The van der Waals surface area contributed by atoms with Crippen LogP contribution in [0.1, 0.15) is 18.9 Å². The Labute approximate surface area is 125 Å². The number of benzene rings is 2. The van der Waals surface area contributed by atoms with Gasteiger partial charge in [0.2, 0.25) is 0 Å². The van der Waals surface area contributed by atoms with Crippen molar-refractivity contribution in [3.8, 4) is 22.6 Å². The Morgan fingerprint density at radius 1 is 0.905 bits per heavy atom. The Bertz CT molecular complexity index is 632. The average molecular weight is 284 g/mol. The van der Waals surface area contributed by atoms with Gasteiger partial charge in [-0.1, -0.05) is 30.3 Å². The molecule has 21 heavy (non-hydrogen) atoms. The maximum atomic E-state index is 11.3. The summed E-state index contributed by atoms with van der Waals surface area (Å²) in [5.74, 6) is 1.79. The molecule has 0 amide bonds. The summed E-state index contributed by atoms with van der Waals surface area (Å²) < 4.78 is 10.9. The summed E-state index contributed by atoms with van der Waals surface area (Å²) in [6.07, 6.45) is 1.16. The normalized spacial score (nSPS) is 10.2. The highest BCUT2D eigenvalue weighted by atomic mass is 16.5. The molecular formula is C18H20O3. The summed E-state index contributed by atoms with van der Waals surface area (Å²) in [6, 6.07) is 13.8. The SMILES string of the molecule is COc1ccccc1-c1cccc(OC)c1CCC(C)=O. The number of Topliss-reactive ketones (excluding diaryl/α,β-unsaturated/α-hetero) is 1. The van der Waals surface area contributed by atoms with Gasteiger partial charge in [-0.3, -0.25) is 0 Å². The predicted molar refractivity (Wildman–Crippen MR) is 84.0 cm³/mol. The molecule has 0 spiro atoms. The molecule has 0 heterocycles. The quantitative estimate of drug-likeness (QED) is 0.807. The van der Waals surface area contributed by atoms with E-state index >= 15 is 0 Å². The first-order valence-corrected chi connectivity index (χ1v) is 6.96. The number of ketones is 1. The topological polar surface area (TPSA) is 35.5 Å². The van der Waals surface area contributed by atoms with Gasteiger partial charge in [0, 0.05) is 17.5 Å². The van der Waals surface area contributed by atoms with E-state index in [1.165, 1.54) is 0 Å². The smallest absolute Gasteiger partial charge is 0.130 e. The van der Waals surface area contributed by atoms with Gasteiger partial charge in [-0.2, -0.15) is 0 Å². The Morgan fingerprint density at radius 3 is 2.19 bits per heavy atom. The van der Waals surface area contributed by atoms with Crippen LogP contribution in [0.5, 0.6) is 11.5 Å². The zero-order chi connectivity index (χ0) is 15.2. The fraction of sp³-hybridized carbons (Fsp3) is 0.278. The molecule has 0 bridgehead atoms. The molecule has 0 radical (unpaired) electrons. The van der Waals surface area contributed by atoms with E-state index in [2.05, 4.69) is 0 Å². The first kappa shape index (κ1) is 15.1. The van der Waals surface area contributed by atoms with Crippen LogP contribution in [0.2, 0.25) is 0 Å². The maximum absolute atomic E-state index is 11.3. The van der Waals surface area contributed by atoms with Crippen molar-refractivity contribution in [3.63, 3.8) is 0 Å². The van der Waals surface area contributed by atoms with Crippen molar-refractivity contribution in [1.82, 2.24) is 0 Å². The minimum absolute atomic E-state index is 0.173. The Kier molecular flexibility index (Phi) is 4.99. The monoisotopic (exact) mass is 284 g/mol. The van der Waals surface area contributed by atoms with E-state index in [0.29, 0.717) is 12.8 Å². The van der Waals surface area contributed by atoms with Gasteiger partial charge < -0.3 is 14.3 Å². The zero-order valence-electron chi connectivity index (χ0n) is 12.7. The number of methoxy groups -OCH3 is 2. The lowest BCUT2D eigenvalue weighted by Gasteiger charge is -2.16. The molecule has 0 saturated carbocycles. The molecule has 0 aliphatic heterocycles. The molecule has 0 aliphatic rings. The third kappa shape index (κ3) is 3.43. The van der Waals surface area contributed by atoms with E-state index in [-0.39, 0.29) is 5.78 Å². The zero-order valence-corrected chi connectivity index (χ0v) is 12.7. The molecule has 0 saturated heterocycles. The summed E-state index contributed by atoms with van der Waals surface area (Å²) in [5.41, 5.74) is 3.10. The highest BCUT2D eigenvalue weighted by Gasteiger charge is 2.14. The molecule has 0 N–H and O–H groups in total. The molecule has 3 nitrogen and oxygen atoms in total. The van der Waals surface area contributed by atoms with E-state index in [1.54, 1.807) is 21.1 Å². The first-order valence-electron chi connectivity index (χ1n) is 6.96. The van der Waals surface area contributed by atoms with E-state index in [1.807, 2.05) is 42.5 Å². The van der Waals surface area contributed by atoms with Crippen LogP contribution >= 0.6 is 0 Å². The maximum Gasteiger partial charge on any atom is 0.130 e. The second-order valence-electron chi connectivity index (χ2n) is 4.89. The highest BCUT2D eigenvalue weighted by molar-refractivity contribution is 5.78. The van der Waals surface area contributed by atoms with Crippen LogP contribution in [-0.4, -0.2) is 20.0 Å². The number of carbonyl (C=O) groups excluding carboxylic acids is 1. The Hall–Kier alpha value is -2.29. The molecule has 110 valence electrons. The van der Waals surface area contributed by atoms with Crippen molar-refractivity contribution >= 4 is 5.78 Å². The van der Waals surface area contributed by atoms with E-state index in [4.69, 9.17) is 9.47 Å². The van der Waals surface area contributed by atoms with Gasteiger partial charge >= 0.3 is 0 Å². The van der Waals surface area contributed by atoms with Crippen molar-refractivity contribution in [2.24, 2.45) is 0 Å². The summed E-state index contributed by atoms with van der Waals surface area (Å²) in [5, 5.41) is 0. The van der Waals surface area contributed by atoms with Crippen molar-refractivity contribution < 1.29 is 14.3 Å². The number of carbonyl (C=O) groups is 1. The number of hydrogen-bond acceptors (Lipinski definition) is 3. The number of para-hydroxylation sites is 1. The molecule has 0 aliphatic carbocycles. The highest BCUT2D eigenvalue weighted by Crippen LogP contribution is 2.36. The number of rotatable bonds is 6. The Balaban J connectivity index is 2.54. The number of ether oxygens (including phenoxy) is 2. The third-order valence-corrected chi connectivity index (χ3v) is 3.48. The Morgan fingerprint density at radius 2 is 1.52 bits per heavy atom. The van der Waals surface area contributed by atoms with Gasteiger partial charge in [0.25, 0.3) is 0 Å². The average Bonchev–Trinajstić information content (AvgIpc) is 2.52. The molecular weight excluding hydrogens is 264 g/mol. The molecule has 0 unspecified atom stereocenters. The van der Waals surface area contributed by atoms with Crippen LogP contribution in [0.15, 0.2) is 42.5 Å². The van der Waals surface area contributed by atoms with Crippen molar-refractivity contribution in [2.75, 3.05) is 14.2 Å². The predicted octanol–water partition coefficient (Wildman–Crippen LogP) is 3.89. The second-order valence-corrected chi connectivity index (χ2v) is 4.89. The van der Waals surface area contributed by atoms with Crippen LogP contribution in [0, 0.1) is 0 Å². The molecule has 2 aromatic carbocycles. The lowest BCUT2D eigenvalue weighted by molar-refractivity contribution is -0.116. The lowest BCUT2D eigenvalue weighted by Crippen LogP contribution is -2.00. The van der Waals surface area contributed by atoms with Gasteiger partial charge in [-0.25, -0.2) is 0 Å². The van der Waals surface area contributed by atoms with Crippen LogP contribution in [0.25, 0.3) is 11.1 Å². The third-order valence-electron chi connectivity index (χ3n) is 3.48. The molecule has 0 atom stereocenters. The van der Waals surface area contributed by atoms with E-state index in [0.717, 1.165) is 28.2 Å². The summed E-state index contributed by atoms with van der Waals surface area (Å²) in [6.45, 7) is 1.61. The van der Waals surface area contributed by atoms with Crippen LogP contribution in [0.3, 0.4) is 0 Å². The van der Waals surface area contributed by atoms with Gasteiger partial charge in [0.15, 0.2) is 0 Å². The van der Waals surface area contributed by atoms with Crippen LogP contribution in [-0.2, 0) is 11.2 Å². The molecule has 3 heteroatoms. The van der Waals surface area contributed by atoms with Crippen LogP contribution in [0.4, 0.5) is 0 Å². The van der Waals surface area contributed by atoms with Crippen LogP contribution < -0.4 is 9.47 Å². The summed E-state index contributed by atoms with van der Waals surface area (Å²) in [4.78, 5) is 11.3. The summed E-state index contributed by atoms with van der Waals surface area (Å²) >= 11 is 0. The second kappa shape index (κ2) is 6.93. The molecule has 0 aromatic heterocycles. The van der Waals surface area contributed by atoms with Gasteiger partial charge in [-0.15, -0.1) is 0 Å².